The zero-order valence-corrected chi connectivity index (χ0v) is 78.2. The van der Waals surface area contributed by atoms with Gasteiger partial charge in [-0.2, -0.15) is 0 Å². The molecule has 0 aromatic heterocycles. The Kier molecular flexibility index (Phi) is 48.4. The van der Waals surface area contributed by atoms with E-state index in [4.69, 9.17) is 55.4 Å². The van der Waals surface area contributed by atoms with Crippen LogP contribution in [0, 0.1) is 35.5 Å². The first-order chi connectivity index (χ1) is 67.6. The summed E-state index contributed by atoms with van der Waals surface area (Å²) in [6, 6.07) is 72.4. The first-order valence-electron chi connectivity index (χ1n) is 45.5. The van der Waals surface area contributed by atoms with E-state index in [2.05, 4.69) is 155 Å². The highest BCUT2D eigenvalue weighted by Gasteiger charge is 2.35. The van der Waals surface area contributed by atoms with Crippen LogP contribution in [0.1, 0.15) is 166 Å². The van der Waals surface area contributed by atoms with E-state index in [0.29, 0.717) is 11.1 Å². The topological polar surface area (TPSA) is 410 Å². The summed E-state index contributed by atoms with van der Waals surface area (Å²) in [6.45, 7) is 18.5. The van der Waals surface area contributed by atoms with Crippen molar-refractivity contribution in [3.05, 3.63) is 350 Å². The minimum Gasteiger partial charge on any atom is -0.478 e. The van der Waals surface area contributed by atoms with Crippen molar-refractivity contribution in [3.8, 4) is 57.8 Å². The number of aromatic carboxylic acids is 1. The van der Waals surface area contributed by atoms with Crippen molar-refractivity contribution in [1.29, 1.82) is 0 Å². The second-order valence-electron chi connectivity index (χ2n) is 33.1. The molecule has 15 rings (SSSR count). The van der Waals surface area contributed by atoms with Gasteiger partial charge in [0.15, 0.2) is 0 Å². The summed E-state index contributed by atoms with van der Waals surface area (Å²) in [6.07, 6.45) is 9.56. The number of benzene rings is 10. The molecule has 3 aliphatic heterocycles. The number of carboxylic acid groups (broad SMARTS) is 1. The van der Waals surface area contributed by atoms with Gasteiger partial charge in [0.1, 0.15) is 31.3 Å². The molecule has 0 saturated carbocycles. The normalized spacial score (nSPS) is 14.5. The molecular weight excluding hydrogens is 1810 g/mol. The number of fused-ring (bicyclic) bond motifs is 6. The number of hydrogen-bond donors (Lipinski definition) is 11. The summed E-state index contributed by atoms with van der Waals surface area (Å²) in [5.74, 6) is 17.9. The Labute approximate surface area is 839 Å². The summed E-state index contributed by atoms with van der Waals surface area (Å²) in [5.41, 5.74) is 32.3. The highest BCUT2D eigenvalue weighted by Crippen LogP contribution is 2.46. The molecule has 5 amide bonds. The van der Waals surface area contributed by atoms with Crippen molar-refractivity contribution in [3.63, 3.8) is 0 Å². The molecule has 14 N–H and O–H groups in total. The number of alkyl carbamates (subject to hydrolysis) is 2. The van der Waals surface area contributed by atoms with E-state index in [1.165, 1.54) is 36.4 Å². The number of methoxy groups -OCH3 is 2. The van der Waals surface area contributed by atoms with Gasteiger partial charge >= 0.3 is 30.1 Å². The average molecular weight is 1950 g/mol. The molecule has 143 heavy (non-hydrogen) atoms. The lowest BCUT2D eigenvalue weighted by molar-refractivity contribution is -0.144. The standard InChI is InChI=1S/C42H41N3O6.C26H30N4O4.C22H21NO3.C20H22N2O4.4CH4.H3NO/c1-29(43-42(48)51-28-38-36-13-7-5-11-34(36)35-12-6-8-14-37(35)38)39(41(47)49-2)44-40(46)33-21-19-31(20-22-33)10-4-3-9-30-15-17-32(18-16-30)27-45-23-25-50-26-24-45;1-19(27)24(26(32)29-33)28-25(31)23-12-10-21(11-13-23)5-3-2-4-20-6-8-22(9-7-20)18-30-14-16-34-17-15-30;24-22(25)21-11-9-19(10-12-21)4-2-1-3-18-5-7-20(8-6-18)17-23-13-15-26-16-14-23;1-12(18(21)19(23)25-2)22-20(24)26-11-17-15-9-5-3-7-13(15)14-8-4-6-10-16(14)17;;;;;1-2/h4-8,10-22,29,38-39H,23-28H2,1-2H3,(H,43,48)(H,44,46);3,5-13,19,24,33H,14-18,27H2,1H3,(H,28,31)(H,29,32);2,4-12H,13-17H2,(H,24,25);3-10,12,17-18H,11,21H2,1-2H3,(H,22,24);4*1H4;2H,1H2/t29-,39+;19-,24+;;12-,18+;;;;;/m11.1...../s1. The molecule has 3 heterocycles. The number of hydroxylamine groups is 1. The van der Waals surface area contributed by atoms with Gasteiger partial charge in [-0.3, -0.25) is 39.1 Å². The number of nitrogens with one attached hydrogen (secondary N) is 5. The molecule has 29 heteroatoms. The van der Waals surface area contributed by atoms with Crippen molar-refractivity contribution in [2.24, 2.45) is 17.4 Å². The zero-order valence-electron chi connectivity index (χ0n) is 78.2. The molecule has 10 aromatic carbocycles. The van der Waals surface area contributed by atoms with Crippen LogP contribution >= 0.6 is 0 Å². The molecular formula is C114H133N11O18. The molecule has 2 aliphatic carbocycles. The van der Waals surface area contributed by atoms with E-state index in [0.717, 1.165) is 176 Å². The Morgan fingerprint density at radius 2 is 0.692 bits per heavy atom. The van der Waals surface area contributed by atoms with Crippen LogP contribution in [0.4, 0.5) is 9.59 Å². The van der Waals surface area contributed by atoms with Crippen LogP contribution in [-0.2, 0) is 67.2 Å². The number of carbonyl (C=O) groups is 8. The lowest BCUT2D eigenvalue weighted by atomic mass is 9.98. The largest absolute Gasteiger partial charge is 0.478 e. The molecule has 0 unspecified atom stereocenters. The van der Waals surface area contributed by atoms with Gasteiger partial charge in [-0.25, -0.2) is 30.6 Å². The van der Waals surface area contributed by atoms with E-state index >= 15 is 0 Å². The zero-order chi connectivity index (χ0) is 98.8. The molecule has 0 radical (unpaired) electrons. The van der Waals surface area contributed by atoms with Crippen LogP contribution in [0.3, 0.4) is 0 Å². The minimum atomic E-state index is -1.15. The first kappa shape index (κ1) is 115. The summed E-state index contributed by atoms with van der Waals surface area (Å²) >= 11 is 0. The predicted octanol–water partition coefficient (Wildman–Crippen LogP) is 14.9. The van der Waals surface area contributed by atoms with Gasteiger partial charge in [-0.05, 0) is 208 Å². The molecule has 10 aromatic rings. The van der Waals surface area contributed by atoms with Gasteiger partial charge in [-0.1, -0.05) is 235 Å². The number of carbonyl (C=O) groups excluding carboxylic acids is 7. The van der Waals surface area contributed by atoms with Crippen LogP contribution in [-0.4, -0.2) is 221 Å². The smallest absolute Gasteiger partial charge is 0.407 e. The number of amides is 5. The van der Waals surface area contributed by atoms with Gasteiger partial charge in [0.25, 0.3) is 17.7 Å². The van der Waals surface area contributed by atoms with E-state index in [9.17, 15) is 38.4 Å². The number of rotatable bonds is 26. The fourth-order valence-electron chi connectivity index (χ4n) is 15.8. The predicted molar refractivity (Wildman–Crippen MR) is 558 cm³/mol. The lowest BCUT2D eigenvalue weighted by Crippen LogP contribution is -2.54. The fourth-order valence-corrected chi connectivity index (χ4v) is 15.8. The Morgan fingerprint density at radius 1 is 0.399 bits per heavy atom. The molecule has 5 aliphatic rings. The molecule has 752 valence electrons. The Morgan fingerprint density at radius 3 is 0.986 bits per heavy atom. The van der Waals surface area contributed by atoms with Gasteiger partial charge in [-0.15, -0.1) is 0 Å². The second kappa shape index (κ2) is 60.2. The molecule has 3 fully saturated rings. The quantitative estimate of drug-likeness (QED) is 0.00788. The summed E-state index contributed by atoms with van der Waals surface area (Å²) < 4.78 is 36.7. The molecule has 0 bridgehead atoms. The number of nitrogens with zero attached hydrogens (tertiary/aromatic N) is 3. The minimum absolute atomic E-state index is 0. The van der Waals surface area contributed by atoms with Crippen LogP contribution in [0.25, 0.3) is 40.5 Å². The Bertz CT molecular complexity index is 5970. The van der Waals surface area contributed by atoms with Gasteiger partial charge in [0, 0.05) is 105 Å². The van der Waals surface area contributed by atoms with Crippen molar-refractivity contribution in [1.82, 2.24) is 41.4 Å². The third-order valence-electron chi connectivity index (χ3n) is 23.5. The van der Waals surface area contributed by atoms with E-state index in [-0.39, 0.29) is 60.3 Å². The van der Waals surface area contributed by atoms with Crippen LogP contribution in [0.15, 0.2) is 261 Å². The third kappa shape index (κ3) is 35.0. The number of hydrogen-bond acceptors (Lipinski definition) is 23. The maximum Gasteiger partial charge on any atom is 0.407 e. The summed E-state index contributed by atoms with van der Waals surface area (Å²) in [7, 11) is 2.48. The second-order valence-corrected chi connectivity index (χ2v) is 33.1. The SMILES string of the molecule is C.C.C.C.COC(=O)[C@@H](N)[C@@H](C)NC(=O)OCC1c2ccccc2-c2ccccc21.COC(=O)[C@@H](NC(=O)c1ccc(C=CC#Cc2ccc(CN3CCOCC3)cc2)cc1)[C@@H](C)NC(=O)OCC1c2ccccc2-c2ccccc21.C[C@@H](N)[C@H](NC(=O)c1ccc(C=CC#Cc2ccc(CN3CCOCC3)cc2)cc1)C(=O)NO.NO.O=C(O)c1ccc(C=CC#Cc2ccc(CN3CCOCC3)cc2)cc1. The van der Waals surface area contributed by atoms with Gasteiger partial charge in [0.2, 0.25) is 0 Å². The highest BCUT2D eigenvalue weighted by molar-refractivity contribution is 5.99. The number of ether oxygens (including phenoxy) is 7. The van der Waals surface area contributed by atoms with E-state index in [1.54, 1.807) is 112 Å². The maximum absolute atomic E-state index is 13.2. The maximum atomic E-state index is 13.2. The molecule has 6 atom stereocenters. The van der Waals surface area contributed by atoms with Crippen LogP contribution in [0.5, 0.6) is 0 Å². The molecule has 29 nitrogen and oxygen atoms in total. The fraction of sp³-hybridized carbons (Fsp3) is 0.298. The van der Waals surface area contributed by atoms with Crippen molar-refractivity contribution in [2.75, 3.05) is 106 Å². The van der Waals surface area contributed by atoms with Gasteiger partial charge < -0.3 is 76.2 Å². The summed E-state index contributed by atoms with van der Waals surface area (Å²) in [5, 5.41) is 34.7. The summed E-state index contributed by atoms with van der Waals surface area (Å²) in [4.78, 5) is 104. The van der Waals surface area contributed by atoms with E-state index < -0.39 is 84.1 Å². The van der Waals surface area contributed by atoms with Crippen molar-refractivity contribution < 1.29 is 87.0 Å². The number of carboxylic acids is 1. The lowest BCUT2D eigenvalue weighted by Gasteiger charge is -2.26. The van der Waals surface area contributed by atoms with Gasteiger partial charge in [0.05, 0.1) is 71.5 Å². The number of morpholine rings is 3. The monoisotopic (exact) mass is 1940 g/mol. The van der Waals surface area contributed by atoms with Crippen molar-refractivity contribution >= 4 is 66.0 Å². The molecule has 3 saturated heterocycles. The van der Waals surface area contributed by atoms with Crippen molar-refractivity contribution in [2.45, 2.75) is 118 Å². The third-order valence-corrected chi connectivity index (χ3v) is 23.5. The number of allylic oxidation sites excluding steroid dienone is 3. The number of esters is 2. The Hall–Kier alpha value is -15.0. The first-order valence-corrected chi connectivity index (χ1v) is 45.5. The molecule has 0 spiro atoms. The highest BCUT2D eigenvalue weighted by atomic mass is 16.6. The van der Waals surface area contributed by atoms with E-state index in [1.807, 2.05) is 115 Å². The van der Waals surface area contributed by atoms with Crippen LogP contribution < -0.4 is 44.1 Å². The number of nitrogens with two attached hydrogens (primary N) is 3. The average Bonchev–Trinajstić information content (AvgIpc) is 1.62. The van der Waals surface area contributed by atoms with Crippen LogP contribution in [0.2, 0.25) is 0 Å². The Balaban J connectivity index is 0.000000265.